The number of nitrogens with zero attached hydrogens (tertiary/aromatic N) is 1. The van der Waals surface area contributed by atoms with Crippen LogP contribution < -0.4 is 16.3 Å². The van der Waals surface area contributed by atoms with Gasteiger partial charge in [-0.3, -0.25) is 4.79 Å². The maximum atomic E-state index is 11.7. The van der Waals surface area contributed by atoms with E-state index < -0.39 is 5.91 Å². The van der Waals surface area contributed by atoms with Crippen molar-refractivity contribution in [2.75, 3.05) is 5.01 Å². The molecule has 0 unspecified atom stereocenters. The Morgan fingerprint density at radius 1 is 1.10 bits per heavy atom. The summed E-state index contributed by atoms with van der Waals surface area (Å²) in [5.41, 5.74) is 11.1. The first-order chi connectivity index (χ1) is 9.77. The van der Waals surface area contributed by atoms with E-state index in [4.69, 9.17) is 10.6 Å². The fourth-order valence-electron chi connectivity index (χ4n) is 2.18. The molecule has 0 spiro atoms. The Morgan fingerprint density at radius 3 is 2.55 bits per heavy atom. The third kappa shape index (κ3) is 2.10. The summed E-state index contributed by atoms with van der Waals surface area (Å²) >= 11 is 0. The lowest BCUT2D eigenvalue weighted by Crippen LogP contribution is -2.30. The number of nitrogens with two attached hydrogens (primary N) is 1. The maximum Gasteiger partial charge on any atom is 0.250 e. The molecule has 1 heterocycles. The van der Waals surface area contributed by atoms with Gasteiger partial charge in [0.1, 0.15) is 6.26 Å². The van der Waals surface area contributed by atoms with Crippen molar-refractivity contribution < 1.29 is 9.63 Å². The molecule has 0 bridgehead atoms. The van der Waals surface area contributed by atoms with E-state index >= 15 is 0 Å². The second-order valence-corrected chi connectivity index (χ2v) is 4.30. The summed E-state index contributed by atoms with van der Waals surface area (Å²) in [5, 5.41) is 1.63. The van der Waals surface area contributed by atoms with Crippen molar-refractivity contribution in [1.82, 2.24) is 5.59 Å². The van der Waals surface area contributed by atoms with Crippen LogP contribution in [0.4, 0.5) is 5.69 Å². The lowest BCUT2D eigenvalue weighted by molar-refractivity contribution is 0.1000. The van der Waals surface area contributed by atoms with Crippen molar-refractivity contribution in [1.29, 1.82) is 0 Å². The van der Waals surface area contributed by atoms with Gasteiger partial charge in [-0.25, -0.2) is 5.01 Å². The second-order valence-electron chi connectivity index (χ2n) is 4.30. The molecule has 3 rings (SSSR count). The highest BCUT2D eigenvalue weighted by Crippen LogP contribution is 2.34. The van der Waals surface area contributed by atoms with Crippen LogP contribution in [-0.4, -0.2) is 5.91 Å². The third-order valence-corrected chi connectivity index (χ3v) is 3.06. The molecule has 5 nitrogen and oxygen atoms in total. The SMILES string of the molecule is NC(=O)c1cccc(-c2ccccc2)c1N1C=CON1. The van der Waals surface area contributed by atoms with E-state index in [1.165, 1.54) is 6.26 Å². The molecule has 1 aliphatic rings. The molecule has 0 radical (unpaired) electrons. The topological polar surface area (TPSA) is 67.6 Å². The van der Waals surface area contributed by atoms with Crippen molar-refractivity contribution in [3.8, 4) is 11.1 Å². The Bertz CT molecular complexity index is 668. The Hall–Kier alpha value is -2.79. The molecule has 2 aromatic carbocycles. The second kappa shape index (κ2) is 5.07. The Morgan fingerprint density at radius 2 is 1.90 bits per heavy atom. The Kier molecular flexibility index (Phi) is 3.10. The van der Waals surface area contributed by atoms with Crippen LogP contribution in [0.15, 0.2) is 61.0 Å². The molecule has 0 atom stereocenters. The average molecular weight is 267 g/mol. The summed E-state index contributed by atoms with van der Waals surface area (Å²) in [6, 6.07) is 15.2. The molecular formula is C15H13N3O2. The van der Waals surface area contributed by atoms with Crippen molar-refractivity contribution in [2.24, 2.45) is 5.73 Å². The maximum absolute atomic E-state index is 11.7. The minimum Gasteiger partial charge on any atom is -0.395 e. The number of hydrogen-bond acceptors (Lipinski definition) is 4. The Balaban J connectivity index is 2.21. The smallest absolute Gasteiger partial charge is 0.250 e. The number of rotatable bonds is 3. The van der Waals surface area contributed by atoms with Crippen molar-refractivity contribution in [2.45, 2.75) is 0 Å². The van der Waals surface area contributed by atoms with Gasteiger partial charge in [0.05, 0.1) is 17.5 Å². The summed E-state index contributed by atoms with van der Waals surface area (Å²) in [7, 11) is 0. The van der Waals surface area contributed by atoms with Crippen LogP contribution in [0.1, 0.15) is 10.4 Å². The molecule has 1 aliphatic heterocycles. The lowest BCUT2D eigenvalue weighted by atomic mass is 9.99. The van der Waals surface area contributed by atoms with Gasteiger partial charge in [0.25, 0.3) is 5.91 Å². The van der Waals surface area contributed by atoms with Gasteiger partial charge in [-0.1, -0.05) is 48.1 Å². The summed E-state index contributed by atoms with van der Waals surface area (Å²) < 4.78 is 0. The minimum atomic E-state index is -0.486. The van der Waals surface area contributed by atoms with E-state index in [-0.39, 0.29) is 0 Å². The van der Waals surface area contributed by atoms with E-state index in [0.717, 1.165) is 11.1 Å². The highest BCUT2D eigenvalue weighted by Gasteiger charge is 2.20. The zero-order chi connectivity index (χ0) is 13.9. The zero-order valence-corrected chi connectivity index (χ0v) is 10.6. The first-order valence-electron chi connectivity index (χ1n) is 6.13. The van der Waals surface area contributed by atoms with Gasteiger partial charge in [0.15, 0.2) is 0 Å². The monoisotopic (exact) mass is 267 g/mol. The number of para-hydroxylation sites is 1. The average Bonchev–Trinajstić information content (AvgIpc) is 3.01. The van der Waals surface area contributed by atoms with E-state index in [1.807, 2.05) is 42.5 Å². The number of anilines is 1. The van der Waals surface area contributed by atoms with E-state index in [0.29, 0.717) is 11.3 Å². The van der Waals surface area contributed by atoms with E-state index in [1.54, 1.807) is 17.3 Å². The van der Waals surface area contributed by atoms with Crippen LogP contribution in [-0.2, 0) is 4.84 Å². The highest BCUT2D eigenvalue weighted by molar-refractivity contribution is 6.02. The van der Waals surface area contributed by atoms with Gasteiger partial charge in [-0.2, -0.15) is 0 Å². The van der Waals surface area contributed by atoms with Crippen LogP contribution in [0.2, 0.25) is 0 Å². The van der Waals surface area contributed by atoms with Crippen molar-refractivity contribution in [3.63, 3.8) is 0 Å². The number of hydrogen-bond donors (Lipinski definition) is 2. The number of benzene rings is 2. The van der Waals surface area contributed by atoms with Gasteiger partial charge < -0.3 is 10.6 Å². The highest BCUT2D eigenvalue weighted by atomic mass is 16.7. The van der Waals surface area contributed by atoms with Crippen LogP contribution in [0.25, 0.3) is 11.1 Å². The summed E-state index contributed by atoms with van der Waals surface area (Å²) in [5.74, 6) is -0.486. The van der Waals surface area contributed by atoms with E-state index in [2.05, 4.69) is 5.59 Å². The molecule has 3 N–H and O–H groups in total. The number of nitrogens with one attached hydrogen (secondary N) is 1. The van der Waals surface area contributed by atoms with Crippen LogP contribution in [0, 0.1) is 0 Å². The quantitative estimate of drug-likeness (QED) is 0.894. The molecular weight excluding hydrogens is 254 g/mol. The Labute approximate surface area is 116 Å². The van der Waals surface area contributed by atoms with Gasteiger partial charge in [0.2, 0.25) is 0 Å². The molecule has 2 aromatic rings. The van der Waals surface area contributed by atoms with Gasteiger partial charge in [-0.15, -0.1) is 0 Å². The predicted octanol–water partition coefficient (Wildman–Crippen LogP) is 2.18. The third-order valence-electron chi connectivity index (χ3n) is 3.06. The first kappa shape index (κ1) is 12.3. The predicted molar refractivity (Wildman–Crippen MR) is 76.2 cm³/mol. The molecule has 1 amide bonds. The van der Waals surface area contributed by atoms with Gasteiger partial charge in [0, 0.05) is 5.56 Å². The normalized spacial score (nSPS) is 13.3. The molecule has 0 aromatic heterocycles. The van der Waals surface area contributed by atoms with Crippen LogP contribution in [0.5, 0.6) is 0 Å². The minimum absolute atomic E-state index is 0.425. The molecule has 5 heteroatoms. The fourth-order valence-corrected chi connectivity index (χ4v) is 2.18. The lowest BCUT2D eigenvalue weighted by Gasteiger charge is -2.20. The molecule has 0 fully saturated rings. The summed E-state index contributed by atoms with van der Waals surface area (Å²) in [6.45, 7) is 0. The number of primary amides is 1. The van der Waals surface area contributed by atoms with Crippen LogP contribution >= 0.6 is 0 Å². The summed E-state index contributed by atoms with van der Waals surface area (Å²) in [6.07, 6.45) is 3.18. The zero-order valence-electron chi connectivity index (χ0n) is 10.6. The first-order valence-corrected chi connectivity index (χ1v) is 6.13. The van der Waals surface area contributed by atoms with E-state index in [9.17, 15) is 4.79 Å². The fraction of sp³-hybridized carbons (Fsp3) is 0. The number of carbonyl (C=O) groups is 1. The van der Waals surface area contributed by atoms with Crippen LogP contribution in [0.3, 0.4) is 0 Å². The standard InChI is InChI=1S/C15H13N3O2/c16-15(19)13-8-4-7-12(11-5-2-1-3-6-11)14(13)18-9-10-20-17-18/h1-10,17H,(H2,16,19). The molecule has 0 aliphatic carbocycles. The largest absolute Gasteiger partial charge is 0.395 e. The molecule has 0 saturated carbocycles. The molecule has 100 valence electrons. The number of carbonyl (C=O) groups excluding carboxylic acids is 1. The summed E-state index contributed by atoms with van der Waals surface area (Å²) in [4.78, 5) is 16.6. The van der Waals surface area contributed by atoms with Gasteiger partial charge in [-0.05, 0) is 11.6 Å². The molecule has 20 heavy (non-hydrogen) atoms. The number of amides is 1. The number of hydrazine groups is 1. The van der Waals surface area contributed by atoms with Crippen molar-refractivity contribution in [3.05, 3.63) is 66.6 Å². The van der Waals surface area contributed by atoms with Gasteiger partial charge >= 0.3 is 0 Å². The van der Waals surface area contributed by atoms with Crippen molar-refractivity contribution >= 4 is 11.6 Å². The molecule has 0 saturated heterocycles.